The van der Waals surface area contributed by atoms with Crippen molar-refractivity contribution in [3.05, 3.63) is 28.8 Å². The molecule has 4 nitrogen and oxygen atoms in total. The molecule has 0 spiro atoms. The van der Waals surface area contributed by atoms with Gasteiger partial charge in [0.15, 0.2) is 0 Å². The number of phenols is 1. The maximum atomic E-state index is 11.3. The predicted octanol–water partition coefficient (Wildman–Crippen LogP) is 1.88. The van der Waals surface area contributed by atoms with Crippen molar-refractivity contribution in [2.24, 2.45) is 0 Å². The van der Waals surface area contributed by atoms with Crippen molar-refractivity contribution in [1.82, 2.24) is 4.90 Å². The lowest BCUT2D eigenvalue weighted by atomic mass is 9.92. The lowest BCUT2D eigenvalue weighted by Gasteiger charge is -2.17. The summed E-state index contributed by atoms with van der Waals surface area (Å²) < 4.78 is 0. The van der Waals surface area contributed by atoms with E-state index in [4.69, 9.17) is 0 Å². The largest absolute Gasteiger partial charge is 0.507 e. The third-order valence-corrected chi connectivity index (χ3v) is 3.58. The monoisotopic (exact) mass is 249 g/mol. The second-order valence-electron chi connectivity index (χ2n) is 5.43. The molecule has 1 aliphatic carbocycles. The molecule has 4 heteroatoms. The van der Waals surface area contributed by atoms with Gasteiger partial charge in [0.1, 0.15) is 5.75 Å². The van der Waals surface area contributed by atoms with E-state index in [1.807, 2.05) is 32.0 Å². The standard InChI is InChI=1S/C14H19NO3/c1-9-6-11(14(4-5-14)13(17)18)7-10(12(9)16)8-15(2)3/h6-7,16H,4-5,8H2,1-3H3,(H,17,18). The Balaban J connectivity index is 2.45. The molecule has 0 aromatic heterocycles. The Bertz CT molecular complexity index is 490. The molecule has 2 N–H and O–H groups in total. The molecule has 1 aromatic rings. The summed E-state index contributed by atoms with van der Waals surface area (Å²) in [6, 6.07) is 3.64. The molecular formula is C14H19NO3. The van der Waals surface area contributed by atoms with Crippen LogP contribution >= 0.6 is 0 Å². The zero-order chi connectivity index (χ0) is 13.5. The first-order valence-corrected chi connectivity index (χ1v) is 6.08. The highest BCUT2D eigenvalue weighted by molar-refractivity contribution is 5.85. The van der Waals surface area contributed by atoms with E-state index >= 15 is 0 Å². The summed E-state index contributed by atoms with van der Waals surface area (Å²) in [5.74, 6) is -0.489. The molecule has 0 bridgehead atoms. The average molecular weight is 249 g/mol. The van der Waals surface area contributed by atoms with E-state index in [0.29, 0.717) is 19.4 Å². The molecule has 0 radical (unpaired) electrons. The topological polar surface area (TPSA) is 60.8 Å². The molecule has 2 rings (SSSR count). The minimum absolute atomic E-state index is 0.272. The van der Waals surface area contributed by atoms with Crippen LogP contribution in [0, 0.1) is 6.92 Å². The number of hydrogen-bond donors (Lipinski definition) is 2. The first-order valence-electron chi connectivity index (χ1n) is 6.08. The Hall–Kier alpha value is -1.55. The van der Waals surface area contributed by atoms with Gasteiger partial charge in [-0.3, -0.25) is 4.79 Å². The van der Waals surface area contributed by atoms with Crippen molar-refractivity contribution >= 4 is 5.97 Å². The van der Waals surface area contributed by atoms with Crippen LogP contribution in [0.25, 0.3) is 0 Å². The van der Waals surface area contributed by atoms with E-state index in [1.165, 1.54) is 0 Å². The van der Waals surface area contributed by atoms with E-state index in [-0.39, 0.29) is 5.75 Å². The van der Waals surface area contributed by atoms with Crippen molar-refractivity contribution in [1.29, 1.82) is 0 Å². The van der Waals surface area contributed by atoms with Gasteiger partial charge in [-0.2, -0.15) is 0 Å². The normalized spacial score (nSPS) is 16.9. The summed E-state index contributed by atoms with van der Waals surface area (Å²) >= 11 is 0. The molecule has 0 amide bonds. The number of carbonyl (C=O) groups is 1. The SMILES string of the molecule is Cc1cc(C2(C(=O)O)CC2)cc(CN(C)C)c1O. The summed E-state index contributed by atoms with van der Waals surface area (Å²) in [6.45, 7) is 2.42. The highest BCUT2D eigenvalue weighted by Gasteiger charge is 2.52. The van der Waals surface area contributed by atoms with Gasteiger partial charge in [0.25, 0.3) is 0 Å². The predicted molar refractivity (Wildman–Crippen MR) is 68.8 cm³/mol. The van der Waals surface area contributed by atoms with Gasteiger partial charge >= 0.3 is 5.97 Å². The lowest BCUT2D eigenvalue weighted by molar-refractivity contribution is -0.140. The maximum absolute atomic E-state index is 11.3. The average Bonchev–Trinajstić information content (AvgIpc) is 3.04. The van der Waals surface area contributed by atoms with Gasteiger partial charge in [0, 0.05) is 12.1 Å². The van der Waals surface area contributed by atoms with Crippen LogP contribution in [0.3, 0.4) is 0 Å². The molecule has 98 valence electrons. The fraction of sp³-hybridized carbons (Fsp3) is 0.500. The minimum Gasteiger partial charge on any atom is -0.507 e. The van der Waals surface area contributed by atoms with Gasteiger partial charge in [0.05, 0.1) is 5.41 Å². The van der Waals surface area contributed by atoms with E-state index in [0.717, 1.165) is 16.7 Å². The number of hydrogen-bond acceptors (Lipinski definition) is 3. The third kappa shape index (κ3) is 2.08. The number of aromatic hydroxyl groups is 1. The van der Waals surface area contributed by atoms with Gasteiger partial charge < -0.3 is 15.1 Å². The zero-order valence-corrected chi connectivity index (χ0v) is 11.0. The van der Waals surface area contributed by atoms with E-state index < -0.39 is 11.4 Å². The van der Waals surface area contributed by atoms with Crippen molar-refractivity contribution in [2.45, 2.75) is 31.7 Å². The van der Waals surface area contributed by atoms with Gasteiger partial charge in [0.2, 0.25) is 0 Å². The molecule has 1 fully saturated rings. The number of aryl methyl sites for hydroxylation is 1. The Morgan fingerprint density at radius 1 is 1.39 bits per heavy atom. The fourth-order valence-corrected chi connectivity index (χ4v) is 2.34. The van der Waals surface area contributed by atoms with Crippen LogP contribution in [0.4, 0.5) is 0 Å². The summed E-state index contributed by atoms with van der Waals surface area (Å²) in [7, 11) is 3.84. The Kier molecular flexibility index (Phi) is 3.07. The second-order valence-corrected chi connectivity index (χ2v) is 5.43. The number of aliphatic carboxylic acids is 1. The first kappa shape index (κ1) is 12.9. The molecule has 0 unspecified atom stereocenters. The third-order valence-electron chi connectivity index (χ3n) is 3.58. The minimum atomic E-state index is -0.761. The van der Waals surface area contributed by atoms with Crippen LogP contribution in [0.1, 0.15) is 29.5 Å². The molecule has 1 saturated carbocycles. The number of benzene rings is 1. The maximum Gasteiger partial charge on any atom is 0.314 e. The van der Waals surface area contributed by atoms with Gasteiger partial charge in [-0.25, -0.2) is 0 Å². The number of carboxylic acids is 1. The Morgan fingerprint density at radius 3 is 2.44 bits per heavy atom. The highest BCUT2D eigenvalue weighted by atomic mass is 16.4. The van der Waals surface area contributed by atoms with Crippen LogP contribution in [-0.4, -0.2) is 35.2 Å². The summed E-state index contributed by atoms with van der Waals surface area (Å²) in [5, 5.41) is 19.3. The first-order chi connectivity index (χ1) is 8.36. The molecule has 0 heterocycles. The van der Waals surface area contributed by atoms with Gasteiger partial charge in [-0.1, -0.05) is 6.07 Å². The molecule has 0 saturated heterocycles. The molecule has 18 heavy (non-hydrogen) atoms. The number of nitrogens with zero attached hydrogens (tertiary/aromatic N) is 1. The van der Waals surface area contributed by atoms with Gasteiger partial charge in [-0.05, 0) is 51.1 Å². The van der Waals surface area contributed by atoms with E-state index in [9.17, 15) is 15.0 Å². The lowest BCUT2D eigenvalue weighted by Crippen LogP contribution is -2.20. The van der Waals surface area contributed by atoms with Gasteiger partial charge in [-0.15, -0.1) is 0 Å². The van der Waals surface area contributed by atoms with Crippen molar-refractivity contribution in [3.63, 3.8) is 0 Å². The van der Waals surface area contributed by atoms with E-state index in [1.54, 1.807) is 6.07 Å². The van der Waals surface area contributed by atoms with Crippen molar-refractivity contribution in [2.75, 3.05) is 14.1 Å². The highest BCUT2D eigenvalue weighted by Crippen LogP contribution is 2.49. The number of rotatable bonds is 4. The van der Waals surface area contributed by atoms with Crippen LogP contribution in [-0.2, 0) is 16.8 Å². The smallest absolute Gasteiger partial charge is 0.314 e. The quantitative estimate of drug-likeness (QED) is 0.855. The van der Waals surface area contributed by atoms with Crippen LogP contribution < -0.4 is 0 Å². The van der Waals surface area contributed by atoms with Crippen LogP contribution in [0.2, 0.25) is 0 Å². The zero-order valence-electron chi connectivity index (χ0n) is 11.0. The van der Waals surface area contributed by atoms with E-state index in [2.05, 4.69) is 0 Å². The summed E-state index contributed by atoms with van der Waals surface area (Å²) in [4.78, 5) is 13.3. The molecule has 1 aliphatic rings. The molecule has 1 aromatic carbocycles. The number of phenolic OH excluding ortho intramolecular Hbond substituents is 1. The van der Waals surface area contributed by atoms with Crippen LogP contribution in [0.5, 0.6) is 5.75 Å². The van der Waals surface area contributed by atoms with Crippen molar-refractivity contribution in [3.8, 4) is 5.75 Å². The van der Waals surface area contributed by atoms with Crippen molar-refractivity contribution < 1.29 is 15.0 Å². The summed E-state index contributed by atoms with van der Waals surface area (Å²) in [5.41, 5.74) is 1.65. The number of carboxylic acid groups (broad SMARTS) is 1. The molecular weight excluding hydrogens is 230 g/mol. The molecule has 0 aliphatic heterocycles. The Labute approximate surface area is 107 Å². The Morgan fingerprint density at radius 2 is 2.00 bits per heavy atom. The summed E-state index contributed by atoms with van der Waals surface area (Å²) in [6.07, 6.45) is 1.38. The fourth-order valence-electron chi connectivity index (χ4n) is 2.34. The van der Waals surface area contributed by atoms with Crippen LogP contribution in [0.15, 0.2) is 12.1 Å². The molecule has 0 atom stereocenters. The second kappa shape index (κ2) is 4.28.